The molecule has 1 heterocycles. The fourth-order valence-electron chi connectivity index (χ4n) is 2.49. The summed E-state index contributed by atoms with van der Waals surface area (Å²) >= 11 is 11.8. The molecule has 0 aliphatic carbocycles. The van der Waals surface area contributed by atoms with Crippen LogP contribution in [0.25, 0.3) is 5.69 Å². The second-order valence-electron chi connectivity index (χ2n) is 5.69. The SMILES string of the molecule is Cc1cc(C(=O)NCCc2ccc(Cl)cc2)nn1-c1ccc(Cl)cc1. The van der Waals surface area contributed by atoms with Gasteiger partial charge >= 0.3 is 0 Å². The largest absolute Gasteiger partial charge is 0.350 e. The van der Waals surface area contributed by atoms with Gasteiger partial charge in [0.25, 0.3) is 5.91 Å². The van der Waals surface area contributed by atoms with Crippen LogP contribution in [-0.2, 0) is 6.42 Å². The van der Waals surface area contributed by atoms with Gasteiger partial charge in [0.1, 0.15) is 0 Å². The molecule has 3 rings (SSSR count). The molecule has 1 aromatic heterocycles. The molecule has 2 aromatic carbocycles. The first-order chi connectivity index (χ1) is 12.0. The van der Waals surface area contributed by atoms with E-state index in [2.05, 4.69) is 10.4 Å². The number of carbonyl (C=O) groups excluding carboxylic acids is 1. The number of amides is 1. The molecule has 0 bridgehead atoms. The molecule has 0 unspecified atom stereocenters. The molecule has 3 aromatic rings. The van der Waals surface area contributed by atoms with Crippen LogP contribution >= 0.6 is 23.2 Å². The Morgan fingerprint density at radius 3 is 2.28 bits per heavy atom. The van der Waals surface area contributed by atoms with Gasteiger partial charge in [-0.3, -0.25) is 4.79 Å². The Kier molecular flexibility index (Phi) is 5.41. The number of halogens is 2. The van der Waals surface area contributed by atoms with Gasteiger partial charge in [-0.15, -0.1) is 0 Å². The second-order valence-corrected chi connectivity index (χ2v) is 6.56. The second kappa shape index (κ2) is 7.72. The molecule has 0 atom stereocenters. The van der Waals surface area contributed by atoms with E-state index in [0.29, 0.717) is 22.3 Å². The van der Waals surface area contributed by atoms with Crippen LogP contribution in [-0.4, -0.2) is 22.2 Å². The van der Waals surface area contributed by atoms with E-state index in [1.165, 1.54) is 0 Å². The predicted molar refractivity (Wildman–Crippen MR) is 101 cm³/mol. The average Bonchev–Trinajstić information content (AvgIpc) is 2.99. The summed E-state index contributed by atoms with van der Waals surface area (Å²) in [5.41, 5.74) is 3.25. The molecule has 0 fully saturated rings. The zero-order valence-corrected chi connectivity index (χ0v) is 15.2. The quantitative estimate of drug-likeness (QED) is 0.717. The molecule has 0 aliphatic rings. The first-order valence-corrected chi connectivity index (χ1v) is 8.64. The van der Waals surface area contributed by atoms with Gasteiger partial charge in [0.05, 0.1) is 5.69 Å². The Labute approximate surface area is 156 Å². The highest BCUT2D eigenvalue weighted by Gasteiger charge is 2.13. The summed E-state index contributed by atoms with van der Waals surface area (Å²) in [5.74, 6) is -0.190. The van der Waals surface area contributed by atoms with E-state index in [1.54, 1.807) is 22.9 Å². The van der Waals surface area contributed by atoms with Crippen molar-refractivity contribution in [2.75, 3.05) is 6.54 Å². The molecule has 0 saturated heterocycles. The summed E-state index contributed by atoms with van der Waals surface area (Å²) < 4.78 is 1.73. The number of aryl methyl sites for hydroxylation is 1. The van der Waals surface area contributed by atoms with Gasteiger partial charge in [-0.05, 0) is 61.4 Å². The van der Waals surface area contributed by atoms with Crippen LogP contribution in [0.3, 0.4) is 0 Å². The molecule has 0 aliphatic heterocycles. The minimum atomic E-state index is -0.190. The highest BCUT2D eigenvalue weighted by atomic mass is 35.5. The van der Waals surface area contributed by atoms with Crippen molar-refractivity contribution in [3.8, 4) is 5.69 Å². The number of hydrogen-bond acceptors (Lipinski definition) is 2. The fraction of sp³-hybridized carbons (Fsp3) is 0.158. The monoisotopic (exact) mass is 373 g/mol. The summed E-state index contributed by atoms with van der Waals surface area (Å²) in [5, 5.41) is 8.65. The summed E-state index contributed by atoms with van der Waals surface area (Å²) in [6.07, 6.45) is 0.736. The Morgan fingerprint density at radius 1 is 1.04 bits per heavy atom. The van der Waals surface area contributed by atoms with Gasteiger partial charge in [0, 0.05) is 22.3 Å². The van der Waals surface area contributed by atoms with Crippen molar-refractivity contribution in [3.63, 3.8) is 0 Å². The van der Waals surface area contributed by atoms with Crippen molar-refractivity contribution in [2.24, 2.45) is 0 Å². The third kappa shape index (κ3) is 4.41. The lowest BCUT2D eigenvalue weighted by Gasteiger charge is -2.05. The van der Waals surface area contributed by atoms with Gasteiger partial charge in [0.2, 0.25) is 0 Å². The number of nitrogens with zero attached hydrogens (tertiary/aromatic N) is 2. The van der Waals surface area contributed by atoms with Gasteiger partial charge in [-0.2, -0.15) is 5.10 Å². The number of hydrogen-bond donors (Lipinski definition) is 1. The highest BCUT2D eigenvalue weighted by Crippen LogP contribution is 2.16. The maximum atomic E-state index is 12.3. The Balaban J connectivity index is 1.63. The Morgan fingerprint density at radius 2 is 1.64 bits per heavy atom. The lowest BCUT2D eigenvalue weighted by Crippen LogP contribution is -2.26. The van der Waals surface area contributed by atoms with Crippen LogP contribution in [0, 0.1) is 6.92 Å². The summed E-state index contributed by atoms with van der Waals surface area (Å²) in [4.78, 5) is 12.3. The van der Waals surface area contributed by atoms with E-state index in [0.717, 1.165) is 23.4 Å². The molecule has 0 spiro atoms. The average molecular weight is 374 g/mol. The van der Waals surface area contributed by atoms with E-state index in [4.69, 9.17) is 23.2 Å². The fourth-order valence-corrected chi connectivity index (χ4v) is 2.74. The summed E-state index contributed by atoms with van der Waals surface area (Å²) in [6, 6.07) is 16.7. The molecule has 128 valence electrons. The smallest absolute Gasteiger partial charge is 0.271 e. The first kappa shape index (κ1) is 17.5. The van der Waals surface area contributed by atoms with Crippen molar-refractivity contribution in [1.29, 1.82) is 0 Å². The van der Waals surface area contributed by atoms with Crippen LogP contribution in [0.4, 0.5) is 0 Å². The van der Waals surface area contributed by atoms with E-state index in [1.807, 2.05) is 43.3 Å². The molecule has 0 saturated carbocycles. The number of aromatic nitrogens is 2. The number of benzene rings is 2. The van der Waals surface area contributed by atoms with Crippen molar-refractivity contribution in [2.45, 2.75) is 13.3 Å². The van der Waals surface area contributed by atoms with Crippen LogP contribution in [0.1, 0.15) is 21.7 Å². The lowest BCUT2D eigenvalue weighted by atomic mass is 10.1. The Bertz CT molecular complexity index is 871. The summed E-state index contributed by atoms with van der Waals surface area (Å²) in [7, 11) is 0. The number of carbonyl (C=O) groups is 1. The van der Waals surface area contributed by atoms with Gasteiger partial charge < -0.3 is 5.32 Å². The standard InChI is InChI=1S/C19H17Cl2N3O/c1-13-12-18(23-24(13)17-8-6-16(21)7-9-17)19(25)22-11-10-14-2-4-15(20)5-3-14/h2-9,12H,10-11H2,1H3,(H,22,25). The summed E-state index contributed by atoms with van der Waals surface area (Å²) in [6.45, 7) is 2.44. The van der Waals surface area contributed by atoms with E-state index >= 15 is 0 Å². The number of nitrogens with one attached hydrogen (secondary N) is 1. The zero-order valence-electron chi connectivity index (χ0n) is 13.7. The zero-order chi connectivity index (χ0) is 17.8. The third-order valence-electron chi connectivity index (χ3n) is 3.80. The van der Waals surface area contributed by atoms with Crippen LogP contribution in [0.15, 0.2) is 54.6 Å². The maximum absolute atomic E-state index is 12.3. The van der Waals surface area contributed by atoms with Crippen molar-refractivity contribution < 1.29 is 4.79 Å². The van der Waals surface area contributed by atoms with Crippen LogP contribution in [0.5, 0.6) is 0 Å². The molecule has 0 radical (unpaired) electrons. The topological polar surface area (TPSA) is 46.9 Å². The molecule has 1 amide bonds. The normalized spacial score (nSPS) is 10.7. The maximum Gasteiger partial charge on any atom is 0.271 e. The third-order valence-corrected chi connectivity index (χ3v) is 4.31. The molecular weight excluding hydrogens is 357 g/mol. The minimum Gasteiger partial charge on any atom is -0.350 e. The van der Waals surface area contributed by atoms with Gasteiger partial charge in [-0.1, -0.05) is 35.3 Å². The highest BCUT2D eigenvalue weighted by molar-refractivity contribution is 6.30. The lowest BCUT2D eigenvalue weighted by molar-refractivity contribution is 0.0948. The van der Waals surface area contributed by atoms with Crippen molar-refractivity contribution >= 4 is 29.1 Å². The van der Waals surface area contributed by atoms with Crippen LogP contribution in [0.2, 0.25) is 10.0 Å². The molecule has 4 nitrogen and oxygen atoms in total. The van der Waals surface area contributed by atoms with E-state index in [9.17, 15) is 4.79 Å². The van der Waals surface area contributed by atoms with Gasteiger partial charge in [-0.25, -0.2) is 4.68 Å². The van der Waals surface area contributed by atoms with Crippen LogP contribution < -0.4 is 5.32 Å². The Hall–Kier alpha value is -2.30. The minimum absolute atomic E-state index is 0.190. The van der Waals surface area contributed by atoms with Crippen molar-refractivity contribution in [3.05, 3.63) is 81.6 Å². The molecule has 6 heteroatoms. The van der Waals surface area contributed by atoms with Gasteiger partial charge in [0.15, 0.2) is 5.69 Å². The number of rotatable bonds is 5. The predicted octanol–water partition coefficient (Wildman–Crippen LogP) is 4.46. The molecule has 1 N–H and O–H groups in total. The molecule has 25 heavy (non-hydrogen) atoms. The van der Waals surface area contributed by atoms with Crippen molar-refractivity contribution in [1.82, 2.24) is 15.1 Å². The van der Waals surface area contributed by atoms with E-state index < -0.39 is 0 Å². The first-order valence-electron chi connectivity index (χ1n) is 7.88. The molecular formula is C19H17Cl2N3O. The van der Waals surface area contributed by atoms with E-state index in [-0.39, 0.29) is 5.91 Å².